The van der Waals surface area contributed by atoms with Gasteiger partial charge in [0, 0.05) is 17.3 Å². The molecule has 2 rings (SSSR count). The molecule has 19 heavy (non-hydrogen) atoms. The number of thiophene rings is 1. The number of halogens is 2. The van der Waals surface area contributed by atoms with Crippen molar-refractivity contribution in [3.05, 3.63) is 21.9 Å². The van der Waals surface area contributed by atoms with E-state index in [2.05, 4.69) is 16.3 Å². The minimum atomic E-state index is 0. The molecule has 1 aromatic rings. The van der Waals surface area contributed by atoms with Gasteiger partial charge in [0.2, 0.25) is 0 Å². The molecule has 1 saturated heterocycles. The Morgan fingerprint density at radius 1 is 1.32 bits per heavy atom. The second-order valence-corrected chi connectivity index (χ2v) is 6.06. The van der Waals surface area contributed by atoms with Gasteiger partial charge in [-0.3, -0.25) is 4.79 Å². The quantitative estimate of drug-likeness (QED) is 0.864. The summed E-state index contributed by atoms with van der Waals surface area (Å²) < 4.78 is 0. The van der Waals surface area contributed by atoms with Crippen molar-refractivity contribution in [3.8, 4) is 0 Å². The predicted molar refractivity (Wildman–Crippen MR) is 86.1 cm³/mol. The van der Waals surface area contributed by atoms with Crippen molar-refractivity contribution in [2.75, 3.05) is 27.2 Å². The third-order valence-corrected chi connectivity index (χ3v) is 4.17. The number of carbonyl (C=O) groups excluding carboxylic acids is 1. The lowest BCUT2D eigenvalue weighted by atomic mass is 9.93. The first-order valence-electron chi connectivity index (χ1n) is 6.15. The number of nitrogens with one attached hydrogen (secondary N) is 1. The summed E-state index contributed by atoms with van der Waals surface area (Å²) in [4.78, 5) is 16.6. The van der Waals surface area contributed by atoms with Gasteiger partial charge in [0.05, 0.1) is 4.88 Å². The Balaban J connectivity index is 0.00000162. The van der Waals surface area contributed by atoms with E-state index in [0.717, 1.165) is 37.4 Å². The Bertz CT molecular complexity index is 390. The second-order valence-electron chi connectivity index (χ2n) is 4.89. The summed E-state index contributed by atoms with van der Waals surface area (Å²) >= 11 is 1.65. The van der Waals surface area contributed by atoms with E-state index in [1.807, 2.05) is 20.2 Å². The summed E-state index contributed by atoms with van der Waals surface area (Å²) in [6.07, 6.45) is 1.97. The van der Waals surface area contributed by atoms with E-state index in [1.165, 1.54) is 4.88 Å². The number of Topliss-reactive ketones (excluding diaryl/α,β-unsaturated/α-hetero) is 1. The molecule has 110 valence electrons. The van der Waals surface area contributed by atoms with Gasteiger partial charge in [0.1, 0.15) is 0 Å². The van der Waals surface area contributed by atoms with Crippen molar-refractivity contribution in [2.24, 2.45) is 5.92 Å². The minimum Gasteiger partial charge on any atom is -0.317 e. The zero-order valence-electron chi connectivity index (χ0n) is 11.3. The molecule has 6 heteroatoms. The molecule has 2 heterocycles. The predicted octanol–water partition coefficient (Wildman–Crippen LogP) is 2.84. The van der Waals surface area contributed by atoms with Crippen LogP contribution in [0.4, 0.5) is 0 Å². The Kier molecular flexibility index (Phi) is 8.86. The van der Waals surface area contributed by atoms with Crippen LogP contribution in [-0.4, -0.2) is 37.9 Å². The average molecular weight is 325 g/mol. The molecule has 1 aliphatic heterocycles. The Morgan fingerprint density at radius 2 is 1.95 bits per heavy atom. The maximum Gasteiger partial charge on any atom is 0.175 e. The van der Waals surface area contributed by atoms with Crippen molar-refractivity contribution < 1.29 is 4.79 Å². The molecule has 0 unspecified atom stereocenters. The summed E-state index contributed by atoms with van der Waals surface area (Å²) in [6, 6.07) is 4.08. The summed E-state index contributed by atoms with van der Waals surface area (Å²) in [5, 5.41) is 3.30. The highest BCUT2D eigenvalue weighted by molar-refractivity contribution is 7.14. The summed E-state index contributed by atoms with van der Waals surface area (Å²) in [5.41, 5.74) is 0. The fourth-order valence-electron chi connectivity index (χ4n) is 2.19. The van der Waals surface area contributed by atoms with Crippen LogP contribution in [0.1, 0.15) is 27.4 Å². The normalized spacial score (nSPS) is 15.7. The Morgan fingerprint density at radius 3 is 2.53 bits per heavy atom. The maximum atomic E-state index is 12.3. The van der Waals surface area contributed by atoms with Gasteiger partial charge < -0.3 is 10.2 Å². The number of hydrogen-bond donors (Lipinski definition) is 1. The standard InChI is InChI=1S/C13H20N2OS.2ClH/c1-15(2)9-11-3-4-12(17-11)13(16)10-5-7-14-8-6-10;;/h3-4,10,14H,5-9H2,1-2H3;2*1H. The molecule has 0 aromatic carbocycles. The van der Waals surface area contributed by atoms with Crippen LogP contribution in [0, 0.1) is 5.92 Å². The van der Waals surface area contributed by atoms with E-state index in [-0.39, 0.29) is 30.7 Å². The first-order valence-corrected chi connectivity index (χ1v) is 6.97. The lowest BCUT2D eigenvalue weighted by Gasteiger charge is -2.20. The van der Waals surface area contributed by atoms with Crippen molar-refractivity contribution >= 4 is 41.9 Å². The molecule has 0 bridgehead atoms. The maximum absolute atomic E-state index is 12.3. The fraction of sp³-hybridized carbons (Fsp3) is 0.615. The van der Waals surface area contributed by atoms with Gasteiger partial charge in [-0.2, -0.15) is 0 Å². The molecular formula is C13H22Cl2N2OS. The van der Waals surface area contributed by atoms with E-state index in [9.17, 15) is 4.79 Å². The fourth-order valence-corrected chi connectivity index (χ4v) is 3.34. The van der Waals surface area contributed by atoms with E-state index in [4.69, 9.17) is 0 Å². The van der Waals surface area contributed by atoms with Crippen LogP contribution in [0.2, 0.25) is 0 Å². The Labute approximate surface area is 131 Å². The van der Waals surface area contributed by atoms with Crippen LogP contribution in [-0.2, 0) is 6.54 Å². The van der Waals surface area contributed by atoms with Crippen LogP contribution >= 0.6 is 36.2 Å². The van der Waals surface area contributed by atoms with Gasteiger partial charge in [-0.05, 0) is 52.2 Å². The minimum absolute atomic E-state index is 0. The highest BCUT2D eigenvalue weighted by Crippen LogP contribution is 2.24. The summed E-state index contributed by atoms with van der Waals surface area (Å²) in [5.74, 6) is 0.587. The van der Waals surface area contributed by atoms with Crippen molar-refractivity contribution in [1.29, 1.82) is 0 Å². The first-order chi connectivity index (χ1) is 8.16. The highest BCUT2D eigenvalue weighted by atomic mass is 35.5. The van der Waals surface area contributed by atoms with Crippen LogP contribution in [0.5, 0.6) is 0 Å². The van der Waals surface area contributed by atoms with E-state index < -0.39 is 0 Å². The monoisotopic (exact) mass is 324 g/mol. The lowest BCUT2D eigenvalue weighted by Crippen LogP contribution is -2.31. The number of carbonyl (C=O) groups is 1. The van der Waals surface area contributed by atoms with Gasteiger partial charge in [-0.15, -0.1) is 36.2 Å². The topological polar surface area (TPSA) is 32.3 Å². The molecule has 0 radical (unpaired) electrons. The molecule has 1 aliphatic rings. The molecule has 0 spiro atoms. The first kappa shape index (κ1) is 18.9. The molecule has 0 amide bonds. The van der Waals surface area contributed by atoms with Crippen molar-refractivity contribution in [1.82, 2.24) is 10.2 Å². The van der Waals surface area contributed by atoms with E-state index >= 15 is 0 Å². The Hall–Kier alpha value is -0.130. The van der Waals surface area contributed by atoms with E-state index in [1.54, 1.807) is 11.3 Å². The average Bonchev–Trinajstić information content (AvgIpc) is 2.77. The number of ketones is 1. The van der Waals surface area contributed by atoms with Gasteiger partial charge in [-0.25, -0.2) is 0 Å². The van der Waals surface area contributed by atoms with Crippen molar-refractivity contribution in [2.45, 2.75) is 19.4 Å². The van der Waals surface area contributed by atoms with Gasteiger partial charge in [0.15, 0.2) is 5.78 Å². The largest absolute Gasteiger partial charge is 0.317 e. The van der Waals surface area contributed by atoms with Crippen LogP contribution < -0.4 is 5.32 Å². The number of hydrogen-bond acceptors (Lipinski definition) is 4. The highest BCUT2D eigenvalue weighted by Gasteiger charge is 2.23. The molecule has 3 nitrogen and oxygen atoms in total. The van der Waals surface area contributed by atoms with Crippen LogP contribution in [0.3, 0.4) is 0 Å². The summed E-state index contributed by atoms with van der Waals surface area (Å²) in [6.45, 7) is 2.88. The molecule has 1 aromatic heterocycles. The zero-order valence-corrected chi connectivity index (χ0v) is 13.8. The molecule has 1 N–H and O–H groups in total. The third-order valence-electron chi connectivity index (χ3n) is 3.09. The number of piperidine rings is 1. The molecular weight excluding hydrogens is 303 g/mol. The molecule has 0 aliphatic carbocycles. The second kappa shape index (κ2) is 8.93. The number of nitrogens with zero attached hydrogens (tertiary/aromatic N) is 1. The van der Waals surface area contributed by atoms with Crippen LogP contribution in [0.15, 0.2) is 12.1 Å². The molecule has 0 saturated carbocycles. The lowest BCUT2D eigenvalue weighted by molar-refractivity contribution is 0.0899. The summed E-state index contributed by atoms with van der Waals surface area (Å²) in [7, 11) is 4.10. The molecule has 1 fully saturated rings. The third kappa shape index (κ3) is 5.40. The molecule has 0 atom stereocenters. The van der Waals surface area contributed by atoms with Crippen molar-refractivity contribution in [3.63, 3.8) is 0 Å². The number of rotatable bonds is 4. The SMILES string of the molecule is CN(C)Cc1ccc(C(=O)C2CCNCC2)s1.Cl.Cl. The zero-order chi connectivity index (χ0) is 12.3. The van der Waals surface area contributed by atoms with Gasteiger partial charge in [0.25, 0.3) is 0 Å². The van der Waals surface area contributed by atoms with Crippen LogP contribution in [0.25, 0.3) is 0 Å². The smallest absolute Gasteiger partial charge is 0.175 e. The van der Waals surface area contributed by atoms with E-state index in [0.29, 0.717) is 5.78 Å². The van der Waals surface area contributed by atoms with Gasteiger partial charge >= 0.3 is 0 Å². The van der Waals surface area contributed by atoms with Gasteiger partial charge in [-0.1, -0.05) is 0 Å².